The molecule has 0 aliphatic carbocycles. The smallest absolute Gasteiger partial charge is 0.408 e. The molecule has 166 valence electrons. The molecule has 1 aliphatic heterocycles. The molecule has 0 saturated carbocycles. The standard InChI is InChI=1S/C22H38N2O5/c1-8-9-11-15(2)14-16(3)18(23-21(27)29-22(4,5)6)19(25)24-13-10-12-17(24)20(26)28-7/h8,15-18H,1,9-14H2,2-7H3,(H,23,27)/t15?,16-,17+,18?/m1/s1. The summed E-state index contributed by atoms with van der Waals surface area (Å²) in [6, 6.07) is -1.36. The van der Waals surface area contributed by atoms with Gasteiger partial charge in [0, 0.05) is 6.54 Å². The van der Waals surface area contributed by atoms with Crippen LogP contribution < -0.4 is 5.32 Å². The molecule has 0 aromatic heterocycles. The van der Waals surface area contributed by atoms with E-state index in [9.17, 15) is 14.4 Å². The largest absolute Gasteiger partial charge is 0.467 e. The molecule has 0 aromatic carbocycles. The maximum absolute atomic E-state index is 13.3. The molecule has 29 heavy (non-hydrogen) atoms. The Morgan fingerprint density at radius 3 is 2.48 bits per heavy atom. The van der Waals surface area contributed by atoms with Crippen molar-refractivity contribution in [2.24, 2.45) is 11.8 Å². The van der Waals surface area contributed by atoms with E-state index in [1.807, 2.05) is 13.0 Å². The first kappa shape index (κ1) is 25.0. The Morgan fingerprint density at radius 2 is 1.93 bits per heavy atom. The fourth-order valence-corrected chi connectivity index (χ4v) is 3.76. The van der Waals surface area contributed by atoms with Crippen LogP contribution in [0.2, 0.25) is 0 Å². The van der Waals surface area contributed by atoms with Crippen molar-refractivity contribution in [3.63, 3.8) is 0 Å². The van der Waals surface area contributed by atoms with Gasteiger partial charge in [-0.1, -0.05) is 19.9 Å². The third-order valence-electron chi connectivity index (χ3n) is 5.15. The van der Waals surface area contributed by atoms with E-state index in [-0.39, 0.29) is 11.8 Å². The summed E-state index contributed by atoms with van der Waals surface area (Å²) in [6.07, 6.45) is 5.19. The number of hydrogen-bond donors (Lipinski definition) is 1. The molecule has 7 nitrogen and oxygen atoms in total. The summed E-state index contributed by atoms with van der Waals surface area (Å²) in [6.45, 7) is 13.6. The van der Waals surface area contributed by atoms with Gasteiger partial charge < -0.3 is 19.7 Å². The Balaban J connectivity index is 2.98. The number of amides is 2. The molecule has 7 heteroatoms. The van der Waals surface area contributed by atoms with Crippen molar-refractivity contribution < 1.29 is 23.9 Å². The van der Waals surface area contributed by atoms with Crippen LogP contribution in [0, 0.1) is 11.8 Å². The number of methoxy groups -OCH3 is 1. The number of alkyl carbamates (subject to hydrolysis) is 1. The number of carbonyl (C=O) groups is 3. The summed E-state index contributed by atoms with van der Waals surface area (Å²) in [4.78, 5) is 39.4. The lowest BCUT2D eigenvalue weighted by Gasteiger charge is -2.32. The molecule has 0 spiro atoms. The summed E-state index contributed by atoms with van der Waals surface area (Å²) in [5, 5.41) is 2.76. The first-order valence-electron chi connectivity index (χ1n) is 10.5. The van der Waals surface area contributed by atoms with Crippen molar-refractivity contribution in [2.45, 2.75) is 84.4 Å². The van der Waals surface area contributed by atoms with Crippen LogP contribution in [0.1, 0.15) is 66.7 Å². The maximum Gasteiger partial charge on any atom is 0.408 e. The van der Waals surface area contributed by atoms with E-state index in [0.717, 1.165) is 25.7 Å². The van der Waals surface area contributed by atoms with E-state index in [0.29, 0.717) is 18.9 Å². The molecule has 1 fully saturated rings. The average Bonchev–Trinajstić information content (AvgIpc) is 3.11. The highest BCUT2D eigenvalue weighted by Gasteiger charge is 2.40. The first-order chi connectivity index (χ1) is 13.5. The predicted molar refractivity (Wildman–Crippen MR) is 112 cm³/mol. The quantitative estimate of drug-likeness (QED) is 0.463. The van der Waals surface area contributed by atoms with Crippen LogP contribution in [-0.4, -0.2) is 54.2 Å². The highest BCUT2D eigenvalue weighted by molar-refractivity contribution is 5.90. The molecule has 1 saturated heterocycles. The van der Waals surface area contributed by atoms with Crippen molar-refractivity contribution in [3.05, 3.63) is 12.7 Å². The Kier molecular flexibility index (Phi) is 9.66. The molecule has 2 unspecified atom stereocenters. The molecular formula is C22H38N2O5. The van der Waals surface area contributed by atoms with Crippen LogP contribution in [-0.2, 0) is 19.1 Å². The fraction of sp³-hybridized carbons (Fsp3) is 0.773. The summed E-state index contributed by atoms with van der Waals surface area (Å²) >= 11 is 0. The van der Waals surface area contributed by atoms with Gasteiger partial charge in [-0.25, -0.2) is 9.59 Å². The molecule has 1 rings (SSSR count). The minimum Gasteiger partial charge on any atom is -0.467 e. The molecule has 0 bridgehead atoms. The number of nitrogens with zero attached hydrogens (tertiary/aromatic N) is 1. The summed E-state index contributed by atoms with van der Waals surface area (Å²) < 4.78 is 10.2. The van der Waals surface area contributed by atoms with Crippen molar-refractivity contribution in [2.75, 3.05) is 13.7 Å². The number of likely N-dealkylation sites (tertiary alicyclic amines) is 1. The van der Waals surface area contributed by atoms with Gasteiger partial charge in [0.15, 0.2) is 0 Å². The first-order valence-corrected chi connectivity index (χ1v) is 10.5. The molecule has 4 atom stereocenters. The number of ether oxygens (including phenoxy) is 2. The highest BCUT2D eigenvalue weighted by Crippen LogP contribution is 2.25. The van der Waals surface area contributed by atoms with E-state index in [2.05, 4.69) is 18.8 Å². The summed E-state index contributed by atoms with van der Waals surface area (Å²) in [7, 11) is 1.32. The van der Waals surface area contributed by atoms with Gasteiger partial charge in [-0.05, 0) is 64.7 Å². The average molecular weight is 411 g/mol. The second-order valence-corrected chi connectivity index (χ2v) is 9.02. The molecule has 1 N–H and O–H groups in total. The molecular weight excluding hydrogens is 372 g/mol. The number of nitrogens with one attached hydrogen (secondary N) is 1. The van der Waals surface area contributed by atoms with E-state index in [1.165, 1.54) is 7.11 Å². The van der Waals surface area contributed by atoms with Crippen molar-refractivity contribution in [1.82, 2.24) is 10.2 Å². The molecule has 0 radical (unpaired) electrons. The molecule has 1 heterocycles. The van der Waals surface area contributed by atoms with Gasteiger partial charge in [-0.3, -0.25) is 4.79 Å². The topological polar surface area (TPSA) is 84.9 Å². The van der Waals surface area contributed by atoms with Gasteiger partial charge in [-0.2, -0.15) is 0 Å². The number of rotatable bonds is 9. The zero-order chi connectivity index (χ0) is 22.2. The molecule has 1 aliphatic rings. The second-order valence-electron chi connectivity index (χ2n) is 9.02. The predicted octanol–water partition coefficient (Wildman–Crippen LogP) is 3.67. The number of carbonyl (C=O) groups excluding carboxylic acids is 3. The normalized spacial score (nSPS) is 19.8. The van der Waals surface area contributed by atoms with Gasteiger partial charge in [0.2, 0.25) is 5.91 Å². The van der Waals surface area contributed by atoms with E-state index >= 15 is 0 Å². The Morgan fingerprint density at radius 1 is 1.28 bits per heavy atom. The van der Waals surface area contributed by atoms with Crippen LogP contribution in [0.3, 0.4) is 0 Å². The number of allylic oxidation sites excluding steroid dienone is 1. The monoisotopic (exact) mass is 410 g/mol. The fourth-order valence-electron chi connectivity index (χ4n) is 3.76. The maximum atomic E-state index is 13.3. The van der Waals surface area contributed by atoms with E-state index in [1.54, 1.807) is 25.7 Å². The lowest BCUT2D eigenvalue weighted by Crippen LogP contribution is -2.55. The van der Waals surface area contributed by atoms with Crippen LogP contribution in [0.4, 0.5) is 4.79 Å². The lowest BCUT2D eigenvalue weighted by atomic mass is 9.88. The SMILES string of the molecule is C=CCCC(C)C[C@@H](C)C(NC(=O)OC(C)(C)C)C(=O)N1CCC[C@H]1C(=O)OC. The molecule has 0 aromatic rings. The van der Waals surface area contributed by atoms with Crippen LogP contribution >= 0.6 is 0 Å². The highest BCUT2D eigenvalue weighted by atomic mass is 16.6. The summed E-state index contributed by atoms with van der Waals surface area (Å²) in [5.74, 6) is -0.423. The third kappa shape index (κ3) is 8.07. The number of hydrogen-bond acceptors (Lipinski definition) is 5. The van der Waals surface area contributed by atoms with Gasteiger partial charge in [-0.15, -0.1) is 6.58 Å². The third-order valence-corrected chi connectivity index (χ3v) is 5.15. The van der Waals surface area contributed by atoms with E-state index in [4.69, 9.17) is 9.47 Å². The van der Waals surface area contributed by atoms with Crippen LogP contribution in [0.15, 0.2) is 12.7 Å². The lowest BCUT2D eigenvalue weighted by molar-refractivity contribution is -0.152. The van der Waals surface area contributed by atoms with Crippen molar-refractivity contribution in [3.8, 4) is 0 Å². The Bertz CT molecular complexity index is 584. The van der Waals surface area contributed by atoms with Crippen molar-refractivity contribution in [1.29, 1.82) is 0 Å². The van der Waals surface area contributed by atoms with Crippen molar-refractivity contribution >= 4 is 18.0 Å². The van der Waals surface area contributed by atoms with Gasteiger partial charge >= 0.3 is 12.1 Å². The van der Waals surface area contributed by atoms with Gasteiger partial charge in [0.1, 0.15) is 17.7 Å². The second kappa shape index (κ2) is 11.2. The zero-order valence-corrected chi connectivity index (χ0v) is 18.8. The Hall–Kier alpha value is -2.05. The molecule has 2 amide bonds. The minimum absolute atomic E-state index is 0.117. The van der Waals surface area contributed by atoms with Crippen LogP contribution in [0.25, 0.3) is 0 Å². The van der Waals surface area contributed by atoms with Crippen LogP contribution in [0.5, 0.6) is 0 Å². The van der Waals surface area contributed by atoms with E-state index < -0.39 is 29.7 Å². The number of esters is 1. The minimum atomic E-state index is -0.763. The Labute approximate surface area is 175 Å². The van der Waals surface area contributed by atoms with Gasteiger partial charge in [0.25, 0.3) is 0 Å². The summed E-state index contributed by atoms with van der Waals surface area (Å²) in [5.41, 5.74) is -0.666. The van der Waals surface area contributed by atoms with Gasteiger partial charge in [0.05, 0.1) is 7.11 Å². The zero-order valence-electron chi connectivity index (χ0n) is 18.8.